The number of benzene rings is 3. The molecule has 0 bridgehead atoms. The molecule has 3 aromatic carbocycles. The summed E-state index contributed by atoms with van der Waals surface area (Å²) in [7, 11) is -0.569. The van der Waals surface area contributed by atoms with Crippen LogP contribution in [0.4, 0.5) is 10.8 Å². The molecule has 0 aliphatic carbocycles. The normalized spacial score (nSPS) is 14.2. The van der Waals surface area contributed by atoms with Gasteiger partial charge in [-0.25, -0.2) is 13.4 Å². The van der Waals surface area contributed by atoms with Gasteiger partial charge in [0, 0.05) is 50.5 Å². The average Bonchev–Trinajstić information content (AvgIpc) is 3.41. The maximum atomic E-state index is 12.6. The van der Waals surface area contributed by atoms with Crippen molar-refractivity contribution in [1.29, 1.82) is 0 Å². The van der Waals surface area contributed by atoms with Crippen molar-refractivity contribution >= 4 is 48.3 Å². The molecule has 10 nitrogen and oxygen atoms in total. The zero-order valence-corrected chi connectivity index (χ0v) is 23.9. The molecule has 0 saturated carbocycles. The molecule has 0 atom stereocenters. The highest BCUT2D eigenvalue weighted by atomic mass is 32.2. The summed E-state index contributed by atoms with van der Waals surface area (Å²) in [5, 5.41) is 3.97. The summed E-state index contributed by atoms with van der Waals surface area (Å²) in [4.78, 5) is 22.2. The van der Waals surface area contributed by atoms with Crippen LogP contribution in [0.5, 0.6) is 11.5 Å². The highest BCUT2D eigenvalue weighted by molar-refractivity contribution is 7.92. The Kier molecular flexibility index (Phi) is 8.38. The van der Waals surface area contributed by atoms with Gasteiger partial charge in [-0.2, -0.15) is 0 Å². The van der Waals surface area contributed by atoms with Crippen molar-refractivity contribution in [3.05, 3.63) is 72.3 Å². The van der Waals surface area contributed by atoms with E-state index in [-0.39, 0.29) is 10.8 Å². The third-order valence-corrected chi connectivity index (χ3v) is 9.19. The number of fused-ring (bicyclic) bond motifs is 1. The molecule has 2 N–H and O–H groups in total. The topological polar surface area (TPSA) is 113 Å². The predicted molar refractivity (Wildman–Crippen MR) is 157 cm³/mol. The molecule has 0 spiro atoms. The zero-order valence-electron chi connectivity index (χ0n) is 22.3. The molecule has 5 rings (SSSR count). The summed E-state index contributed by atoms with van der Waals surface area (Å²) in [6, 6.07) is 18.4. The second-order valence-electron chi connectivity index (χ2n) is 9.27. The molecule has 2 heterocycles. The fourth-order valence-electron chi connectivity index (χ4n) is 4.41. The van der Waals surface area contributed by atoms with Gasteiger partial charge in [-0.05, 0) is 66.7 Å². The van der Waals surface area contributed by atoms with Crippen molar-refractivity contribution in [1.82, 2.24) is 15.2 Å². The first-order chi connectivity index (χ1) is 19.3. The molecule has 1 saturated heterocycles. The number of rotatable bonds is 10. The lowest BCUT2D eigenvalue weighted by atomic mass is 10.2. The maximum Gasteiger partial charge on any atom is 0.261 e. The van der Waals surface area contributed by atoms with Gasteiger partial charge in [-0.3, -0.25) is 14.4 Å². The molecule has 0 radical (unpaired) electrons. The van der Waals surface area contributed by atoms with E-state index in [4.69, 9.17) is 14.5 Å². The molecule has 1 aliphatic rings. The lowest BCUT2D eigenvalue weighted by Crippen LogP contribution is -2.48. The van der Waals surface area contributed by atoms with Crippen LogP contribution in [0.1, 0.15) is 10.4 Å². The number of piperazine rings is 1. The zero-order chi connectivity index (χ0) is 28.1. The Morgan fingerprint density at radius 3 is 2.27 bits per heavy atom. The standard InChI is InChI=1S/C28H31N5O5S2/c1-37-22-7-10-24(11-8-22)40(35,36)31-21-5-3-20(4-6-21)27(34)29-13-14-32-15-17-33(18-16-32)28-30-25-12-9-23(38-2)19-26(25)39-28/h3-12,19,31H,13-18H2,1-2H3,(H,29,34). The monoisotopic (exact) mass is 581 g/mol. The first-order valence-corrected chi connectivity index (χ1v) is 15.1. The van der Waals surface area contributed by atoms with E-state index in [1.165, 1.54) is 19.2 Å². The van der Waals surface area contributed by atoms with Crippen molar-refractivity contribution < 1.29 is 22.7 Å². The number of hydrogen-bond acceptors (Lipinski definition) is 9. The number of sulfonamides is 1. The molecule has 4 aromatic rings. The largest absolute Gasteiger partial charge is 0.497 e. The minimum absolute atomic E-state index is 0.122. The van der Waals surface area contributed by atoms with Crippen molar-refractivity contribution in [3.8, 4) is 11.5 Å². The molecular weight excluding hydrogens is 550 g/mol. The number of nitrogens with zero attached hydrogens (tertiary/aromatic N) is 3. The highest BCUT2D eigenvalue weighted by Crippen LogP contribution is 2.31. The van der Waals surface area contributed by atoms with Gasteiger partial charge in [0.1, 0.15) is 11.5 Å². The Labute approximate surface area is 237 Å². The van der Waals surface area contributed by atoms with Gasteiger partial charge in [0.05, 0.1) is 29.3 Å². The van der Waals surface area contributed by atoms with E-state index in [1.54, 1.807) is 54.8 Å². The summed E-state index contributed by atoms with van der Waals surface area (Å²) in [6.45, 7) is 4.79. The number of anilines is 2. The second-order valence-corrected chi connectivity index (χ2v) is 12.0. The minimum atomic E-state index is -3.75. The molecule has 40 heavy (non-hydrogen) atoms. The number of amides is 1. The van der Waals surface area contributed by atoms with Crippen LogP contribution in [0.25, 0.3) is 10.2 Å². The van der Waals surface area contributed by atoms with E-state index in [9.17, 15) is 13.2 Å². The first-order valence-electron chi connectivity index (χ1n) is 12.8. The van der Waals surface area contributed by atoms with E-state index in [1.807, 2.05) is 18.2 Å². The Morgan fingerprint density at radius 2 is 1.60 bits per heavy atom. The lowest BCUT2D eigenvalue weighted by Gasteiger charge is -2.34. The number of nitrogens with one attached hydrogen (secondary N) is 2. The predicted octanol–water partition coefficient (Wildman–Crippen LogP) is 3.67. The Bertz CT molecular complexity index is 1570. The molecule has 210 valence electrons. The molecule has 12 heteroatoms. The average molecular weight is 582 g/mol. The molecular formula is C28H31N5O5S2. The van der Waals surface area contributed by atoms with Gasteiger partial charge in [-0.1, -0.05) is 11.3 Å². The van der Waals surface area contributed by atoms with Crippen LogP contribution in [0.15, 0.2) is 71.6 Å². The number of carbonyl (C=O) groups is 1. The third-order valence-electron chi connectivity index (χ3n) is 6.71. The van der Waals surface area contributed by atoms with Crippen LogP contribution in [0, 0.1) is 0 Å². The number of methoxy groups -OCH3 is 2. The summed E-state index contributed by atoms with van der Waals surface area (Å²) >= 11 is 1.67. The van der Waals surface area contributed by atoms with Gasteiger partial charge in [0.15, 0.2) is 5.13 Å². The number of ether oxygens (including phenoxy) is 2. The highest BCUT2D eigenvalue weighted by Gasteiger charge is 2.20. The van der Waals surface area contributed by atoms with Crippen molar-refractivity contribution in [2.45, 2.75) is 4.90 Å². The van der Waals surface area contributed by atoms with Crippen LogP contribution in [-0.2, 0) is 10.0 Å². The molecule has 1 aliphatic heterocycles. The van der Waals surface area contributed by atoms with Gasteiger partial charge in [0.25, 0.3) is 15.9 Å². The Hall–Kier alpha value is -3.87. The third kappa shape index (κ3) is 6.46. The maximum absolute atomic E-state index is 12.6. The van der Waals surface area contributed by atoms with Crippen molar-refractivity contribution in [2.24, 2.45) is 0 Å². The van der Waals surface area contributed by atoms with Crippen LogP contribution in [0.3, 0.4) is 0 Å². The fourth-order valence-corrected chi connectivity index (χ4v) is 6.51. The quantitative estimate of drug-likeness (QED) is 0.292. The Morgan fingerprint density at radius 1 is 0.925 bits per heavy atom. The van der Waals surface area contributed by atoms with E-state index in [2.05, 4.69) is 19.8 Å². The fraction of sp³-hybridized carbons (Fsp3) is 0.286. The van der Waals surface area contributed by atoms with Crippen LogP contribution in [-0.4, -0.2) is 77.7 Å². The van der Waals surface area contributed by atoms with E-state index >= 15 is 0 Å². The minimum Gasteiger partial charge on any atom is -0.497 e. The summed E-state index contributed by atoms with van der Waals surface area (Å²) in [5.41, 5.74) is 1.82. The number of hydrogen-bond donors (Lipinski definition) is 2. The lowest BCUT2D eigenvalue weighted by molar-refractivity contribution is 0.0948. The number of thiazole rings is 1. The summed E-state index contributed by atoms with van der Waals surface area (Å²) in [6.07, 6.45) is 0. The van der Waals surface area contributed by atoms with Crippen molar-refractivity contribution in [3.63, 3.8) is 0 Å². The van der Waals surface area contributed by atoms with E-state index in [0.717, 1.165) is 53.8 Å². The van der Waals surface area contributed by atoms with E-state index < -0.39 is 10.0 Å². The smallest absolute Gasteiger partial charge is 0.261 e. The second kappa shape index (κ2) is 12.1. The van der Waals surface area contributed by atoms with Crippen LogP contribution in [0.2, 0.25) is 0 Å². The number of aromatic nitrogens is 1. The van der Waals surface area contributed by atoms with Gasteiger partial charge >= 0.3 is 0 Å². The number of carbonyl (C=O) groups excluding carboxylic acids is 1. The molecule has 1 fully saturated rings. The molecule has 1 amide bonds. The molecule has 0 unspecified atom stereocenters. The van der Waals surface area contributed by atoms with Gasteiger partial charge < -0.3 is 19.7 Å². The summed E-state index contributed by atoms with van der Waals surface area (Å²) < 4.78 is 39.3. The van der Waals surface area contributed by atoms with Crippen LogP contribution < -0.4 is 24.4 Å². The van der Waals surface area contributed by atoms with Crippen LogP contribution >= 0.6 is 11.3 Å². The Balaban J connectivity index is 1.07. The van der Waals surface area contributed by atoms with Gasteiger partial charge in [-0.15, -0.1) is 0 Å². The first kappa shape index (κ1) is 27.7. The van der Waals surface area contributed by atoms with Crippen molar-refractivity contribution in [2.75, 3.05) is 63.1 Å². The molecule has 1 aromatic heterocycles. The summed E-state index contributed by atoms with van der Waals surface area (Å²) in [5.74, 6) is 1.20. The SMILES string of the molecule is COc1ccc(S(=O)(=O)Nc2ccc(C(=O)NCCN3CCN(c4nc5ccc(OC)cc5s4)CC3)cc2)cc1. The van der Waals surface area contributed by atoms with E-state index in [0.29, 0.717) is 23.5 Å². The van der Waals surface area contributed by atoms with Gasteiger partial charge in [0.2, 0.25) is 0 Å².